The summed E-state index contributed by atoms with van der Waals surface area (Å²) in [5.41, 5.74) is 2.03. The first-order valence-electron chi connectivity index (χ1n) is 11.2. The van der Waals surface area contributed by atoms with Crippen molar-refractivity contribution < 1.29 is 19.1 Å². The number of amides is 1. The molecule has 32 heavy (non-hydrogen) atoms. The van der Waals surface area contributed by atoms with Crippen LogP contribution < -0.4 is 5.32 Å². The number of esters is 1. The smallest absolute Gasteiger partial charge is 0.409 e. The predicted molar refractivity (Wildman–Crippen MR) is 121 cm³/mol. The molecule has 3 heterocycles. The van der Waals surface area contributed by atoms with Crippen LogP contribution in [-0.2, 0) is 14.3 Å². The quantitative estimate of drug-likeness (QED) is 0.722. The summed E-state index contributed by atoms with van der Waals surface area (Å²) in [4.78, 5) is 29.8. The highest BCUT2D eigenvalue weighted by atomic mass is 16.6. The third-order valence-electron chi connectivity index (χ3n) is 7.71. The SMILES string of the molecule is Cc1cccc(-c2ccc(/C=C/[C@H]3[C@H](C)[C@@H](C)C[C@]45OC(=O)N[C@]34[C@@H](C)OC5=O)nc2)c1. The van der Waals surface area contributed by atoms with Gasteiger partial charge in [0, 0.05) is 24.1 Å². The molecule has 0 unspecified atom stereocenters. The maximum atomic E-state index is 12.9. The molecule has 0 radical (unpaired) electrons. The summed E-state index contributed by atoms with van der Waals surface area (Å²) < 4.78 is 11.3. The molecule has 1 N–H and O–H groups in total. The Morgan fingerprint density at radius 3 is 2.66 bits per heavy atom. The monoisotopic (exact) mass is 432 g/mol. The summed E-state index contributed by atoms with van der Waals surface area (Å²) in [7, 11) is 0. The molecule has 3 fully saturated rings. The Balaban J connectivity index is 1.48. The Labute approximate surface area is 188 Å². The van der Waals surface area contributed by atoms with Crippen molar-refractivity contribution in [1.82, 2.24) is 10.3 Å². The number of nitrogens with zero attached hydrogens (tertiary/aromatic N) is 1. The lowest BCUT2D eigenvalue weighted by molar-refractivity contribution is -0.157. The Kier molecular flexibility index (Phi) is 4.66. The lowest BCUT2D eigenvalue weighted by Gasteiger charge is -2.49. The molecule has 6 heteroatoms. The number of nitrogens with one attached hydrogen (secondary N) is 1. The number of rotatable bonds is 3. The minimum atomic E-state index is -1.27. The number of cyclic esters (lactones) is 1. The minimum absolute atomic E-state index is 0.141. The summed E-state index contributed by atoms with van der Waals surface area (Å²) in [6.07, 6.45) is 5.34. The number of aromatic nitrogens is 1. The molecule has 1 aromatic carbocycles. The molecule has 2 saturated heterocycles. The third-order valence-corrected chi connectivity index (χ3v) is 7.71. The van der Waals surface area contributed by atoms with Crippen LogP contribution in [0.4, 0.5) is 4.79 Å². The lowest BCUT2D eigenvalue weighted by Crippen LogP contribution is -2.69. The van der Waals surface area contributed by atoms with Crippen LogP contribution in [-0.4, -0.2) is 34.3 Å². The van der Waals surface area contributed by atoms with E-state index in [0.29, 0.717) is 6.42 Å². The second-order valence-corrected chi connectivity index (χ2v) is 9.52. The normalized spacial score (nSPS) is 35.8. The fourth-order valence-electron chi connectivity index (χ4n) is 5.88. The first-order valence-corrected chi connectivity index (χ1v) is 11.2. The van der Waals surface area contributed by atoms with Crippen molar-refractivity contribution in [3.05, 3.63) is 59.9 Å². The first kappa shape index (κ1) is 20.7. The minimum Gasteiger partial charge on any atom is -0.457 e. The molecule has 1 aromatic heterocycles. The summed E-state index contributed by atoms with van der Waals surface area (Å²) in [5, 5.41) is 3.00. The van der Waals surface area contributed by atoms with E-state index >= 15 is 0 Å². The highest BCUT2D eigenvalue weighted by Crippen LogP contribution is 2.58. The molecule has 2 aliphatic heterocycles. The maximum absolute atomic E-state index is 12.9. The zero-order valence-corrected chi connectivity index (χ0v) is 18.8. The van der Waals surface area contributed by atoms with Gasteiger partial charge in [0.15, 0.2) is 0 Å². The highest BCUT2D eigenvalue weighted by molar-refractivity contribution is 5.92. The fourth-order valence-corrected chi connectivity index (χ4v) is 5.88. The van der Waals surface area contributed by atoms with Crippen molar-refractivity contribution in [2.24, 2.45) is 17.8 Å². The first-order chi connectivity index (χ1) is 15.3. The van der Waals surface area contributed by atoms with Gasteiger partial charge in [0.1, 0.15) is 11.6 Å². The van der Waals surface area contributed by atoms with Crippen LogP contribution in [0.5, 0.6) is 0 Å². The van der Waals surface area contributed by atoms with E-state index in [1.807, 2.05) is 31.3 Å². The van der Waals surface area contributed by atoms with E-state index in [-0.39, 0.29) is 17.8 Å². The standard InChI is InChI=1S/C26H28N2O4/c1-15-6-5-7-19(12-15)20-8-9-21(27-14-20)10-11-22-17(3)16(2)13-25-23(29)31-18(4)26(22,25)28-24(30)32-25/h5-12,14,16-18,22H,13H2,1-4H3,(H,28,30)/b11-10+/t16-,17+,18+,22-,25+,26+/m0/s1. The van der Waals surface area contributed by atoms with Crippen LogP contribution in [0.15, 0.2) is 48.7 Å². The third kappa shape index (κ3) is 2.81. The van der Waals surface area contributed by atoms with Gasteiger partial charge < -0.3 is 14.8 Å². The fraction of sp³-hybridized carbons (Fsp3) is 0.423. The molecular weight excluding hydrogens is 404 g/mol. The van der Waals surface area contributed by atoms with Crippen molar-refractivity contribution in [3.8, 4) is 11.1 Å². The second kappa shape index (κ2) is 7.19. The van der Waals surface area contributed by atoms with Crippen LogP contribution in [0.1, 0.15) is 38.4 Å². The van der Waals surface area contributed by atoms with E-state index in [1.54, 1.807) is 0 Å². The van der Waals surface area contributed by atoms with Gasteiger partial charge in [-0.05, 0) is 43.4 Å². The molecule has 0 bridgehead atoms. The molecule has 2 aromatic rings. The number of carbonyl (C=O) groups is 2. The zero-order chi connectivity index (χ0) is 22.7. The van der Waals surface area contributed by atoms with E-state index in [4.69, 9.17) is 9.47 Å². The Hall–Kier alpha value is -3.15. The van der Waals surface area contributed by atoms with Gasteiger partial charge in [-0.15, -0.1) is 0 Å². The second-order valence-electron chi connectivity index (χ2n) is 9.52. The van der Waals surface area contributed by atoms with Crippen LogP contribution in [0.25, 0.3) is 17.2 Å². The molecule has 166 valence electrons. The highest BCUT2D eigenvalue weighted by Gasteiger charge is 2.78. The predicted octanol–water partition coefficient (Wildman–Crippen LogP) is 4.53. The van der Waals surface area contributed by atoms with Gasteiger partial charge in [-0.2, -0.15) is 0 Å². The molecule has 1 amide bonds. The Bertz CT molecular complexity index is 1110. The summed E-state index contributed by atoms with van der Waals surface area (Å²) >= 11 is 0. The van der Waals surface area contributed by atoms with E-state index in [9.17, 15) is 9.59 Å². The molecule has 1 saturated carbocycles. The van der Waals surface area contributed by atoms with E-state index in [1.165, 1.54) is 5.56 Å². The van der Waals surface area contributed by atoms with Gasteiger partial charge in [0.05, 0.1) is 5.69 Å². The maximum Gasteiger partial charge on any atom is 0.409 e. The van der Waals surface area contributed by atoms with Crippen molar-refractivity contribution in [1.29, 1.82) is 0 Å². The largest absolute Gasteiger partial charge is 0.457 e. The summed E-state index contributed by atoms with van der Waals surface area (Å²) in [6.45, 7) is 8.17. The van der Waals surface area contributed by atoms with Crippen LogP contribution in [0, 0.1) is 24.7 Å². The van der Waals surface area contributed by atoms with Gasteiger partial charge in [-0.1, -0.05) is 55.8 Å². The van der Waals surface area contributed by atoms with Crippen LogP contribution in [0.2, 0.25) is 0 Å². The molecular formula is C26H28N2O4. The average Bonchev–Trinajstić information content (AvgIpc) is 3.17. The number of aryl methyl sites for hydroxylation is 1. The van der Waals surface area contributed by atoms with Crippen molar-refractivity contribution >= 4 is 18.1 Å². The number of ether oxygens (including phenoxy) is 2. The van der Waals surface area contributed by atoms with Crippen molar-refractivity contribution in [2.75, 3.05) is 0 Å². The van der Waals surface area contributed by atoms with E-state index in [0.717, 1.165) is 16.8 Å². The molecule has 6 atom stereocenters. The van der Waals surface area contributed by atoms with Gasteiger partial charge in [-0.25, -0.2) is 9.59 Å². The average molecular weight is 433 g/mol. The summed E-state index contributed by atoms with van der Waals surface area (Å²) in [5.74, 6) is -0.191. The van der Waals surface area contributed by atoms with E-state index in [2.05, 4.69) is 61.4 Å². The molecule has 6 nitrogen and oxygen atoms in total. The van der Waals surface area contributed by atoms with Gasteiger partial charge in [0.2, 0.25) is 5.60 Å². The number of hydrogen-bond donors (Lipinski definition) is 1. The molecule has 5 rings (SSSR count). The van der Waals surface area contributed by atoms with Gasteiger partial charge in [0.25, 0.3) is 0 Å². The van der Waals surface area contributed by atoms with Gasteiger partial charge in [-0.3, -0.25) is 4.98 Å². The molecule has 0 spiro atoms. The molecule has 1 aliphatic carbocycles. The van der Waals surface area contributed by atoms with Crippen molar-refractivity contribution in [3.63, 3.8) is 0 Å². The molecule has 3 aliphatic rings. The van der Waals surface area contributed by atoms with Crippen molar-refractivity contribution in [2.45, 2.75) is 51.4 Å². The lowest BCUT2D eigenvalue weighted by atomic mass is 9.55. The number of pyridine rings is 1. The number of carbonyl (C=O) groups excluding carboxylic acids is 2. The Morgan fingerprint density at radius 1 is 1.12 bits per heavy atom. The number of benzene rings is 1. The topological polar surface area (TPSA) is 77.5 Å². The Morgan fingerprint density at radius 2 is 1.94 bits per heavy atom. The number of hydrogen-bond acceptors (Lipinski definition) is 5. The van der Waals surface area contributed by atoms with Gasteiger partial charge >= 0.3 is 12.1 Å². The van der Waals surface area contributed by atoms with Crippen LogP contribution in [0.3, 0.4) is 0 Å². The summed E-state index contributed by atoms with van der Waals surface area (Å²) in [6, 6.07) is 12.4. The zero-order valence-electron chi connectivity index (χ0n) is 18.8. The number of alkyl carbamates (subject to hydrolysis) is 1. The van der Waals surface area contributed by atoms with E-state index < -0.39 is 29.3 Å². The van der Waals surface area contributed by atoms with Crippen LogP contribution >= 0.6 is 0 Å².